The zero-order valence-electron chi connectivity index (χ0n) is 19.7. The Balaban J connectivity index is 1.34. The Morgan fingerprint density at radius 1 is 1.38 bits per heavy atom. The summed E-state index contributed by atoms with van der Waals surface area (Å²) in [5, 5.41) is 19.7. The Hall–Kier alpha value is -2.06. The van der Waals surface area contributed by atoms with E-state index in [1.165, 1.54) is 32.1 Å². The van der Waals surface area contributed by atoms with Gasteiger partial charge in [-0.1, -0.05) is 38.2 Å². The summed E-state index contributed by atoms with van der Waals surface area (Å²) in [5.74, 6) is 1.06. The molecule has 1 aromatic heterocycles. The fourth-order valence-corrected chi connectivity index (χ4v) is 5.57. The molecule has 176 valence electrons. The third-order valence-electron chi connectivity index (χ3n) is 7.19. The molecule has 3 aliphatic rings. The summed E-state index contributed by atoms with van der Waals surface area (Å²) < 4.78 is 7.91. The van der Waals surface area contributed by atoms with Crippen molar-refractivity contribution in [2.75, 3.05) is 20.2 Å². The standard InChI is InChI=1S/C24H38N6O2/c1-4-30-21(12-16(2)29-30)24(31)27-20-14-26-22-18(15-32-23(20)22)10-11-19(28-25-3)13-17-8-6-5-7-9-17/h11-12,17-18,20,22-23,26H,4-10,13-15H2,1-3H3,(H,27,31)/b19-11-,28-25?/t18-,20-,22+,23+/m0/s1. The monoisotopic (exact) mass is 442 g/mol. The number of ether oxygens (including phenoxy) is 1. The maximum absolute atomic E-state index is 12.9. The Morgan fingerprint density at radius 3 is 2.94 bits per heavy atom. The molecule has 4 atom stereocenters. The highest BCUT2D eigenvalue weighted by Crippen LogP contribution is 2.32. The SMILES string of the molecule is CCn1nc(C)cc1C(=O)N[C@H]1CN[C@@H]2[C@@H](C/C=C(/CC3CCCCC3)N=NC)CO[C@@H]21. The van der Waals surface area contributed by atoms with Crippen molar-refractivity contribution in [2.24, 2.45) is 22.1 Å². The maximum Gasteiger partial charge on any atom is 0.269 e. The van der Waals surface area contributed by atoms with Gasteiger partial charge in [0, 0.05) is 32.1 Å². The highest BCUT2D eigenvalue weighted by molar-refractivity contribution is 5.93. The number of nitrogens with zero attached hydrogens (tertiary/aromatic N) is 4. The summed E-state index contributed by atoms with van der Waals surface area (Å²) in [4.78, 5) is 12.9. The van der Waals surface area contributed by atoms with E-state index in [0.29, 0.717) is 24.8 Å². The topological polar surface area (TPSA) is 92.9 Å². The van der Waals surface area contributed by atoms with E-state index in [2.05, 4.69) is 32.0 Å². The Morgan fingerprint density at radius 2 is 2.19 bits per heavy atom. The van der Waals surface area contributed by atoms with Crippen molar-refractivity contribution in [3.05, 3.63) is 29.2 Å². The number of fused-ring (bicyclic) bond motifs is 1. The lowest BCUT2D eigenvalue weighted by molar-refractivity contribution is 0.0733. The van der Waals surface area contributed by atoms with Gasteiger partial charge >= 0.3 is 0 Å². The molecule has 2 aliphatic heterocycles. The molecule has 1 aromatic rings. The normalized spacial score (nSPS) is 29.0. The Bertz CT molecular complexity index is 842. The number of rotatable bonds is 8. The van der Waals surface area contributed by atoms with Crippen molar-refractivity contribution in [1.82, 2.24) is 20.4 Å². The van der Waals surface area contributed by atoms with Crippen LogP contribution < -0.4 is 10.6 Å². The molecule has 0 radical (unpaired) electrons. The summed E-state index contributed by atoms with van der Waals surface area (Å²) in [6.45, 7) is 6.01. The number of amides is 1. The summed E-state index contributed by atoms with van der Waals surface area (Å²) >= 11 is 0. The number of aromatic nitrogens is 2. The molecule has 8 nitrogen and oxygen atoms in total. The Kier molecular flexibility index (Phi) is 7.73. The van der Waals surface area contributed by atoms with E-state index in [0.717, 1.165) is 36.7 Å². The lowest BCUT2D eigenvalue weighted by Gasteiger charge is -2.21. The van der Waals surface area contributed by atoms with Gasteiger partial charge in [-0.3, -0.25) is 9.48 Å². The van der Waals surface area contributed by atoms with Gasteiger partial charge < -0.3 is 15.4 Å². The summed E-state index contributed by atoms with van der Waals surface area (Å²) in [6, 6.07) is 2.07. The van der Waals surface area contributed by atoms with Crippen LogP contribution >= 0.6 is 0 Å². The second kappa shape index (κ2) is 10.7. The summed E-state index contributed by atoms with van der Waals surface area (Å²) in [6.07, 6.45) is 10.9. The average Bonchev–Trinajstić information content (AvgIpc) is 3.49. The fraction of sp³-hybridized carbons (Fsp3) is 0.750. The van der Waals surface area contributed by atoms with Crippen LogP contribution in [0.15, 0.2) is 28.1 Å². The van der Waals surface area contributed by atoms with E-state index in [4.69, 9.17) is 4.74 Å². The Labute approximate surface area is 191 Å². The van der Waals surface area contributed by atoms with Gasteiger partial charge in [0.05, 0.1) is 30.1 Å². The van der Waals surface area contributed by atoms with Crippen LogP contribution in [0.4, 0.5) is 0 Å². The zero-order valence-corrected chi connectivity index (χ0v) is 19.7. The fourth-order valence-electron chi connectivity index (χ4n) is 5.57. The van der Waals surface area contributed by atoms with Gasteiger partial charge in [0.25, 0.3) is 5.91 Å². The maximum atomic E-state index is 12.9. The van der Waals surface area contributed by atoms with Crippen molar-refractivity contribution in [3.63, 3.8) is 0 Å². The van der Waals surface area contributed by atoms with Crippen LogP contribution in [0.2, 0.25) is 0 Å². The van der Waals surface area contributed by atoms with Crippen molar-refractivity contribution in [1.29, 1.82) is 0 Å². The first-order valence-corrected chi connectivity index (χ1v) is 12.3. The summed E-state index contributed by atoms with van der Waals surface area (Å²) in [7, 11) is 1.75. The number of allylic oxidation sites excluding steroid dienone is 2. The highest BCUT2D eigenvalue weighted by Gasteiger charge is 2.46. The predicted molar refractivity (Wildman–Crippen MR) is 124 cm³/mol. The van der Waals surface area contributed by atoms with Crippen LogP contribution in [0.25, 0.3) is 0 Å². The van der Waals surface area contributed by atoms with Crippen LogP contribution in [-0.2, 0) is 11.3 Å². The van der Waals surface area contributed by atoms with Crippen LogP contribution in [0, 0.1) is 18.8 Å². The quantitative estimate of drug-likeness (QED) is 0.602. The minimum atomic E-state index is -0.0787. The minimum absolute atomic E-state index is 0.00559. The molecule has 0 spiro atoms. The van der Waals surface area contributed by atoms with E-state index in [1.54, 1.807) is 11.7 Å². The van der Waals surface area contributed by atoms with Gasteiger partial charge in [0.2, 0.25) is 0 Å². The van der Waals surface area contributed by atoms with Crippen molar-refractivity contribution >= 4 is 5.91 Å². The number of carbonyl (C=O) groups is 1. The van der Waals surface area contributed by atoms with Crippen molar-refractivity contribution in [3.8, 4) is 0 Å². The number of azo groups is 1. The molecular weight excluding hydrogens is 404 g/mol. The molecule has 0 aromatic carbocycles. The molecule has 2 saturated heterocycles. The molecule has 32 heavy (non-hydrogen) atoms. The second-order valence-electron chi connectivity index (χ2n) is 9.50. The van der Waals surface area contributed by atoms with Crippen molar-refractivity contribution < 1.29 is 9.53 Å². The molecular formula is C24H38N6O2. The third kappa shape index (κ3) is 5.29. The molecule has 2 N–H and O–H groups in total. The lowest BCUT2D eigenvalue weighted by Crippen LogP contribution is -2.44. The molecule has 1 saturated carbocycles. The first kappa shape index (κ1) is 23.1. The van der Waals surface area contributed by atoms with Crippen LogP contribution in [0.1, 0.15) is 68.1 Å². The number of hydrogen-bond acceptors (Lipinski definition) is 6. The molecule has 3 heterocycles. The molecule has 0 bridgehead atoms. The lowest BCUT2D eigenvalue weighted by atomic mass is 9.85. The largest absolute Gasteiger partial charge is 0.374 e. The number of hydrogen-bond donors (Lipinski definition) is 2. The average molecular weight is 443 g/mol. The van der Waals surface area contributed by atoms with Crippen LogP contribution in [0.3, 0.4) is 0 Å². The molecule has 8 heteroatoms. The minimum Gasteiger partial charge on any atom is -0.374 e. The first-order chi connectivity index (χ1) is 15.6. The smallest absolute Gasteiger partial charge is 0.269 e. The van der Waals surface area contributed by atoms with E-state index in [1.807, 2.05) is 19.9 Å². The first-order valence-electron chi connectivity index (χ1n) is 12.3. The van der Waals surface area contributed by atoms with Crippen LogP contribution in [-0.4, -0.2) is 54.1 Å². The highest BCUT2D eigenvalue weighted by atomic mass is 16.5. The number of aryl methyl sites for hydroxylation is 2. The van der Waals surface area contributed by atoms with E-state index >= 15 is 0 Å². The van der Waals surface area contributed by atoms with Gasteiger partial charge in [-0.05, 0) is 38.7 Å². The van der Waals surface area contributed by atoms with Gasteiger partial charge in [0.15, 0.2) is 0 Å². The van der Waals surface area contributed by atoms with Gasteiger partial charge in [-0.2, -0.15) is 15.3 Å². The van der Waals surface area contributed by atoms with E-state index in [-0.39, 0.29) is 24.1 Å². The van der Waals surface area contributed by atoms with Gasteiger partial charge in [0.1, 0.15) is 5.69 Å². The van der Waals surface area contributed by atoms with E-state index < -0.39 is 0 Å². The summed E-state index contributed by atoms with van der Waals surface area (Å²) in [5.41, 5.74) is 2.59. The van der Waals surface area contributed by atoms with Crippen molar-refractivity contribution in [2.45, 2.75) is 83.5 Å². The molecule has 1 amide bonds. The molecule has 3 fully saturated rings. The molecule has 4 rings (SSSR count). The second-order valence-corrected chi connectivity index (χ2v) is 9.50. The van der Waals surface area contributed by atoms with E-state index in [9.17, 15) is 4.79 Å². The van der Waals surface area contributed by atoms with Gasteiger partial charge in [-0.25, -0.2) is 0 Å². The van der Waals surface area contributed by atoms with Crippen LogP contribution in [0.5, 0.6) is 0 Å². The third-order valence-corrected chi connectivity index (χ3v) is 7.19. The number of carbonyl (C=O) groups excluding carboxylic acids is 1. The number of nitrogens with one attached hydrogen (secondary N) is 2. The van der Waals surface area contributed by atoms with Gasteiger partial charge in [-0.15, -0.1) is 0 Å². The molecule has 0 unspecified atom stereocenters. The predicted octanol–water partition coefficient (Wildman–Crippen LogP) is 3.62. The molecule has 1 aliphatic carbocycles. The zero-order chi connectivity index (χ0) is 22.5.